The van der Waals surface area contributed by atoms with Crippen LogP contribution < -0.4 is 0 Å². The molecule has 0 aliphatic carbocycles. The first-order chi connectivity index (χ1) is 22.4. The average molecular weight is 661 g/mol. The highest BCUT2D eigenvalue weighted by Gasteiger charge is 2.56. The lowest BCUT2D eigenvalue weighted by Crippen LogP contribution is -2.50. The van der Waals surface area contributed by atoms with Gasteiger partial charge in [0.2, 0.25) is 11.4 Å². The van der Waals surface area contributed by atoms with Gasteiger partial charge in [0.15, 0.2) is 5.76 Å². The smallest absolute Gasteiger partial charge is 0.378 e. The number of esters is 1. The van der Waals surface area contributed by atoms with Crippen LogP contribution >= 0.6 is 0 Å². The van der Waals surface area contributed by atoms with Crippen molar-refractivity contribution in [2.45, 2.75) is 173 Å². The van der Waals surface area contributed by atoms with Gasteiger partial charge in [-0.3, -0.25) is 0 Å². The van der Waals surface area contributed by atoms with Gasteiger partial charge in [-0.25, -0.2) is 4.79 Å². The summed E-state index contributed by atoms with van der Waals surface area (Å²) in [6.45, 7) is 3.82. The predicted octanol–water partition coefficient (Wildman–Crippen LogP) is 6.41. The van der Waals surface area contributed by atoms with Gasteiger partial charge >= 0.3 is 5.97 Å². The van der Waals surface area contributed by atoms with Gasteiger partial charge in [-0.2, -0.15) is 0 Å². The Morgan fingerprint density at radius 3 is 1.63 bits per heavy atom. The molecule has 0 radical (unpaired) electrons. The molecule has 46 heavy (non-hydrogen) atoms. The van der Waals surface area contributed by atoms with Crippen molar-refractivity contribution in [2.24, 2.45) is 0 Å². The topological polar surface area (TPSA) is 155 Å². The molecule has 10 heteroatoms. The second-order valence-corrected chi connectivity index (χ2v) is 12.9. The van der Waals surface area contributed by atoms with Gasteiger partial charge in [-0.05, 0) is 12.8 Å². The summed E-state index contributed by atoms with van der Waals surface area (Å²) in [5.74, 6) is -2.38. The molecule has 4 atom stereocenters. The monoisotopic (exact) mass is 660 g/mol. The van der Waals surface area contributed by atoms with Gasteiger partial charge in [0.05, 0.1) is 25.9 Å². The second-order valence-electron chi connectivity index (χ2n) is 12.9. The Kier molecular flexibility index (Phi) is 25.5. The maximum atomic E-state index is 12.4. The molecule has 0 saturated heterocycles. The first kappa shape index (κ1) is 42.6. The highest BCUT2D eigenvalue weighted by Crippen LogP contribution is 2.40. The van der Waals surface area contributed by atoms with Crippen molar-refractivity contribution < 1.29 is 49.3 Å². The predicted molar refractivity (Wildman–Crippen MR) is 179 cm³/mol. The summed E-state index contributed by atoms with van der Waals surface area (Å²) >= 11 is 0. The molecule has 0 aromatic carbocycles. The SMILES string of the molecule is CCCCCCCCCCCCCCCCOC(CO)COC1=C(O)C(=O)O[C@]1(CC(O)COCCCCCCCC)[C@@H](O)CO. The summed E-state index contributed by atoms with van der Waals surface area (Å²) in [5.41, 5.74) is -2.01. The van der Waals surface area contributed by atoms with Crippen molar-refractivity contribution in [1.82, 2.24) is 0 Å². The first-order valence-corrected chi connectivity index (χ1v) is 18.4. The maximum Gasteiger partial charge on any atom is 0.378 e. The zero-order valence-electron chi connectivity index (χ0n) is 29.1. The third-order valence-electron chi connectivity index (χ3n) is 8.74. The van der Waals surface area contributed by atoms with Crippen LogP contribution in [0.25, 0.3) is 0 Å². The summed E-state index contributed by atoms with van der Waals surface area (Å²) in [7, 11) is 0. The third-order valence-corrected chi connectivity index (χ3v) is 8.74. The Labute approximate surface area is 278 Å². The van der Waals surface area contributed by atoms with Crippen LogP contribution in [-0.4, -0.2) is 95.1 Å². The van der Waals surface area contributed by atoms with E-state index in [4.69, 9.17) is 18.9 Å². The molecule has 0 aromatic rings. The number of carbonyl (C=O) groups excluding carboxylic acids is 1. The van der Waals surface area contributed by atoms with E-state index in [1.54, 1.807) is 0 Å². The summed E-state index contributed by atoms with van der Waals surface area (Å²) < 4.78 is 22.4. The van der Waals surface area contributed by atoms with Crippen LogP contribution in [0.5, 0.6) is 0 Å². The van der Waals surface area contributed by atoms with Gasteiger partial charge in [-0.1, -0.05) is 129 Å². The molecule has 5 N–H and O–H groups in total. The minimum absolute atomic E-state index is 0.0813. The van der Waals surface area contributed by atoms with Crippen molar-refractivity contribution in [3.8, 4) is 0 Å². The molecule has 1 heterocycles. The molecule has 10 nitrogen and oxygen atoms in total. The minimum Gasteiger partial charge on any atom is -0.499 e. The zero-order chi connectivity index (χ0) is 33.9. The lowest BCUT2D eigenvalue weighted by Gasteiger charge is -2.35. The average Bonchev–Trinajstić information content (AvgIpc) is 3.29. The summed E-state index contributed by atoms with van der Waals surface area (Å²) in [6.07, 6.45) is 20.2. The summed E-state index contributed by atoms with van der Waals surface area (Å²) in [5, 5.41) is 51.4. The maximum absolute atomic E-state index is 12.4. The van der Waals surface area contributed by atoms with E-state index in [2.05, 4.69) is 13.8 Å². The first-order valence-electron chi connectivity index (χ1n) is 18.4. The third kappa shape index (κ3) is 17.6. The van der Waals surface area contributed by atoms with Crippen LogP contribution in [0.3, 0.4) is 0 Å². The Bertz CT molecular complexity index is 776. The summed E-state index contributed by atoms with van der Waals surface area (Å²) in [4.78, 5) is 12.4. The van der Waals surface area contributed by atoms with Crippen LogP contribution in [0, 0.1) is 0 Å². The van der Waals surface area contributed by atoms with Crippen molar-refractivity contribution in [1.29, 1.82) is 0 Å². The molecule has 0 amide bonds. The normalized spacial score (nSPS) is 18.6. The van der Waals surface area contributed by atoms with Gasteiger partial charge in [0.25, 0.3) is 0 Å². The molecule has 1 aliphatic rings. The molecule has 1 aliphatic heterocycles. The molecule has 0 spiro atoms. The number of ether oxygens (including phenoxy) is 4. The lowest BCUT2D eigenvalue weighted by molar-refractivity contribution is -0.172. The standard InChI is InChI=1S/C36H68O10/c1-3-5-7-9-11-12-13-14-15-16-17-18-20-22-24-44-31(26-37)29-45-34-33(41)35(42)46-36(34,32(40)27-38)25-30(39)28-43-23-21-19-10-8-6-4-2/h30-32,37-41H,3-29H2,1-2H3/t30?,31?,32-,36+/m0/s1. The fraction of sp³-hybridized carbons (Fsp3) is 0.917. The van der Waals surface area contributed by atoms with Crippen LogP contribution in [-0.2, 0) is 23.7 Å². The second kappa shape index (κ2) is 27.5. The van der Waals surface area contributed by atoms with Crippen LogP contribution in [0.4, 0.5) is 0 Å². The largest absolute Gasteiger partial charge is 0.499 e. The highest BCUT2D eigenvalue weighted by atomic mass is 16.6. The molecule has 0 bridgehead atoms. The Hall–Kier alpha value is -1.43. The van der Waals surface area contributed by atoms with E-state index in [1.807, 2.05) is 0 Å². The number of cyclic esters (lactones) is 1. The molecule has 0 aromatic heterocycles. The molecule has 0 fully saturated rings. The van der Waals surface area contributed by atoms with Crippen LogP contribution in [0.1, 0.15) is 149 Å². The number of aliphatic hydroxyl groups is 5. The van der Waals surface area contributed by atoms with E-state index in [0.29, 0.717) is 13.2 Å². The molecule has 272 valence electrons. The molecule has 1 rings (SSSR count). The number of aliphatic hydroxyl groups excluding tert-OH is 5. The van der Waals surface area contributed by atoms with Crippen molar-refractivity contribution >= 4 is 5.97 Å². The van der Waals surface area contributed by atoms with E-state index in [0.717, 1.165) is 38.5 Å². The fourth-order valence-electron chi connectivity index (χ4n) is 5.87. The number of hydrogen-bond donors (Lipinski definition) is 5. The quantitative estimate of drug-likeness (QED) is 0.0394. The minimum atomic E-state index is -2.01. The van der Waals surface area contributed by atoms with Gasteiger partial charge in [0, 0.05) is 19.6 Å². The van der Waals surface area contributed by atoms with E-state index < -0.39 is 48.0 Å². The van der Waals surface area contributed by atoms with Crippen LogP contribution in [0.2, 0.25) is 0 Å². The van der Waals surface area contributed by atoms with Crippen molar-refractivity contribution in [3.05, 3.63) is 11.5 Å². The molecule has 2 unspecified atom stereocenters. The number of carbonyl (C=O) groups is 1. The van der Waals surface area contributed by atoms with E-state index in [-0.39, 0.29) is 26.2 Å². The Morgan fingerprint density at radius 1 is 0.674 bits per heavy atom. The van der Waals surface area contributed by atoms with Crippen molar-refractivity contribution in [2.75, 3.05) is 39.6 Å². The Balaban J connectivity index is 2.40. The van der Waals surface area contributed by atoms with E-state index in [1.165, 1.54) is 89.9 Å². The van der Waals surface area contributed by atoms with Gasteiger partial charge in [0.1, 0.15) is 18.8 Å². The molecule has 0 saturated carbocycles. The van der Waals surface area contributed by atoms with Gasteiger partial charge < -0.3 is 44.5 Å². The lowest BCUT2D eigenvalue weighted by atomic mass is 9.88. The number of rotatable bonds is 33. The number of unbranched alkanes of at least 4 members (excludes halogenated alkanes) is 18. The summed E-state index contributed by atoms with van der Waals surface area (Å²) in [6, 6.07) is 0. The zero-order valence-corrected chi connectivity index (χ0v) is 29.1. The van der Waals surface area contributed by atoms with E-state index in [9.17, 15) is 30.3 Å². The Morgan fingerprint density at radius 2 is 1.15 bits per heavy atom. The van der Waals surface area contributed by atoms with Crippen molar-refractivity contribution in [3.63, 3.8) is 0 Å². The molecular weight excluding hydrogens is 592 g/mol. The van der Waals surface area contributed by atoms with E-state index >= 15 is 0 Å². The highest BCUT2D eigenvalue weighted by molar-refractivity contribution is 5.90. The number of hydrogen-bond acceptors (Lipinski definition) is 10. The fourth-order valence-corrected chi connectivity index (χ4v) is 5.87. The van der Waals surface area contributed by atoms with Gasteiger partial charge in [-0.15, -0.1) is 0 Å². The van der Waals surface area contributed by atoms with Crippen LogP contribution in [0.15, 0.2) is 11.5 Å². The molecular formula is C36H68O10.